The second-order valence-electron chi connectivity index (χ2n) is 4.95. The van der Waals surface area contributed by atoms with Crippen molar-refractivity contribution in [3.8, 4) is 0 Å². The van der Waals surface area contributed by atoms with E-state index >= 15 is 0 Å². The van der Waals surface area contributed by atoms with Crippen LogP contribution in [0.1, 0.15) is 33.6 Å². The van der Waals surface area contributed by atoms with Crippen molar-refractivity contribution >= 4 is 11.9 Å². The summed E-state index contributed by atoms with van der Waals surface area (Å²) in [5.74, 6) is -0.713. The molecule has 0 N–H and O–H groups in total. The van der Waals surface area contributed by atoms with E-state index in [0.717, 1.165) is 0 Å². The van der Waals surface area contributed by atoms with Gasteiger partial charge in [-0.2, -0.15) is 0 Å². The molecule has 0 aromatic rings. The average Bonchev–Trinajstić information content (AvgIpc) is 2.24. The molecule has 18 heavy (non-hydrogen) atoms. The van der Waals surface area contributed by atoms with Gasteiger partial charge in [0, 0.05) is 6.08 Å². The van der Waals surface area contributed by atoms with Crippen LogP contribution < -0.4 is 0 Å². The molecular weight excluding hydrogens is 232 g/mol. The van der Waals surface area contributed by atoms with E-state index in [1.165, 1.54) is 13.2 Å². The van der Waals surface area contributed by atoms with E-state index in [1.807, 2.05) is 20.8 Å². The summed E-state index contributed by atoms with van der Waals surface area (Å²) in [6, 6.07) is 0. The number of hydrogen-bond acceptors (Lipinski definition) is 4. The Labute approximate surface area is 109 Å². The molecule has 0 radical (unpaired) electrons. The van der Waals surface area contributed by atoms with Crippen molar-refractivity contribution in [2.45, 2.75) is 39.2 Å². The molecule has 0 aromatic carbocycles. The lowest BCUT2D eigenvalue weighted by molar-refractivity contribution is -0.155. The molecule has 1 unspecified atom stereocenters. The summed E-state index contributed by atoms with van der Waals surface area (Å²) in [7, 11) is 1.32. The number of allylic oxidation sites excluding steroid dienone is 2. The number of ether oxygens (including phenoxy) is 2. The highest BCUT2D eigenvalue weighted by atomic mass is 16.6. The number of methoxy groups -OCH3 is 1. The Bertz CT molecular complexity index is 323. The molecule has 0 bridgehead atoms. The Kier molecular flexibility index (Phi) is 7.01. The van der Waals surface area contributed by atoms with Gasteiger partial charge in [-0.25, -0.2) is 4.79 Å². The largest absolute Gasteiger partial charge is 0.466 e. The molecule has 0 aliphatic heterocycles. The molecule has 0 aliphatic carbocycles. The second-order valence-corrected chi connectivity index (χ2v) is 4.95. The third-order valence-electron chi connectivity index (χ3n) is 2.08. The van der Waals surface area contributed by atoms with E-state index in [4.69, 9.17) is 4.74 Å². The number of rotatable bonds is 6. The highest BCUT2D eigenvalue weighted by Crippen LogP contribution is 2.15. The topological polar surface area (TPSA) is 52.6 Å². The fourth-order valence-corrected chi connectivity index (χ4v) is 1.27. The summed E-state index contributed by atoms with van der Waals surface area (Å²) in [6.07, 6.45) is 5.50. The quantitative estimate of drug-likeness (QED) is 0.415. The van der Waals surface area contributed by atoms with Crippen molar-refractivity contribution in [2.75, 3.05) is 7.11 Å². The zero-order valence-electron chi connectivity index (χ0n) is 11.6. The third kappa shape index (κ3) is 8.56. The van der Waals surface area contributed by atoms with Gasteiger partial charge < -0.3 is 9.47 Å². The van der Waals surface area contributed by atoms with Crippen LogP contribution in [0.15, 0.2) is 24.8 Å². The van der Waals surface area contributed by atoms with Crippen LogP contribution in [0.2, 0.25) is 0 Å². The van der Waals surface area contributed by atoms with Crippen molar-refractivity contribution in [2.24, 2.45) is 5.92 Å². The predicted molar refractivity (Wildman–Crippen MR) is 69.9 cm³/mol. The maximum absolute atomic E-state index is 11.6. The van der Waals surface area contributed by atoms with Crippen LogP contribution in [0.25, 0.3) is 0 Å². The molecule has 4 heteroatoms. The molecule has 0 rings (SSSR count). The zero-order chi connectivity index (χ0) is 14.2. The van der Waals surface area contributed by atoms with E-state index in [-0.39, 0.29) is 18.3 Å². The van der Waals surface area contributed by atoms with Crippen LogP contribution in [0.5, 0.6) is 0 Å². The van der Waals surface area contributed by atoms with Crippen LogP contribution in [-0.4, -0.2) is 24.6 Å². The first kappa shape index (κ1) is 16.4. The van der Waals surface area contributed by atoms with Crippen molar-refractivity contribution in [1.82, 2.24) is 0 Å². The lowest BCUT2D eigenvalue weighted by Crippen LogP contribution is -2.24. The molecular formula is C14H22O4. The summed E-state index contributed by atoms with van der Waals surface area (Å²) in [5.41, 5.74) is -0.481. The van der Waals surface area contributed by atoms with Crippen LogP contribution in [0, 0.1) is 5.92 Å². The van der Waals surface area contributed by atoms with Gasteiger partial charge in [0.25, 0.3) is 0 Å². The molecule has 0 heterocycles. The van der Waals surface area contributed by atoms with E-state index in [2.05, 4.69) is 11.3 Å². The monoisotopic (exact) mass is 254 g/mol. The summed E-state index contributed by atoms with van der Waals surface area (Å²) in [5, 5.41) is 0. The van der Waals surface area contributed by atoms with Crippen LogP contribution >= 0.6 is 0 Å². The van der Waals surface area contributed by atoms with Crippen LogP contribution in [0.4, 0.5) is 0 Å². The fourth-order valence-electron chi connectivity index (χ4n) is 1.27. The Hall–Kier alpha value is -1.58. The van der Waals surface area contributed by atoms with E-state index in [0.29, 0.717) is 6.42 Å². The Morgan fingerprint density at radius 3 is 2.39 bits per heavy atom. The Balaban J connectivity index is 4.20. The Morgan fingerprint density at radius 2 is 1.94 bits per heavy atom. The summed E-state index contributed by atoms with van der Waals surface area (Å²) < 4.78 is 9.69. The highest BCUT2D eigenvalue weighted by molar-refractivity contribution is 5.81. The van der Waals surface area contributed by atoms with Gasteiger partial charge in [-0.05, 0) is 33.1 Å². The molecule has 0 spiro atoms. The minimum Gasteiger partial charge on any atom is -0.466 e. The molecule has 102 valence electrons. The molecule has 0 aliphatic rings. The van der Waals surface area contributed by atoms with Gasteiger partial charge >= 0.3 is 11.9 Å². The first-order valence-electron chi connectivity index (χ1n) is 5.87. The lowest BCUT2D eigenvalue weighted by Gasteiger charge is -2.20. The maximum Gasteiger partial charge on any atom is 0.330 e. The molecule has 0 aromatic heterocycles. The first-order valence-corrected chi connectivity index (χ1v) is 5.87. The van der Waals surface area contributed by atoms with Gasteiger partial charge in [-0.3, -0.25) is 4.79 Å². The van der Waals surface area contributed by atoms with Crippen molar-refractivity contribution in [3.63, 3.8) is 0 Å². The fraction of sp³-hybridized carbons (Fsp3) is 0.571. The van der Waals surface area contributed by atoms with Crippen molar-refractivity contribution in [1.29, 1.82) is 0 Å². The standard InChI is InChI=1S/C14H22O4/c1-6-11(8-7-9-12(15)17-5)10-13(16)18-14(2,3)4/h6-7,9,11H,1,8,10H2,2-5H3/b9-7+. The number of hydrogen-bond donors (Lipinski definition) is 0. The van der Waals surface area contributed by atoms with E-state index < -0.39 is 11.6 Å². The van der Waals surface area contributed by atoms with Gasteiger partial charge in [-0.1, -0.05) is 12.2 Å². The molecule has 0 fully saturated rings. The van der Waals surface area contributed by atoms with Crippen molar-refractivity contribution in [3.05, 3.63) is 24.8 Å². The number of carbonyl (C=O) groups excluding carboxylic acids is 2. The summed E-state index contributed by atoms with van der Waals surface area (Å²) >= 11 is 0. The smallest absolute Gasteiger partial charge is 0.330 e. The normalized spacial score (nSPS) is 13.1. The molecule has 4 nitrogen and oxygen atoms in total. The zero-order valence-corrected chi connectivity index (χ0v) is 11.6. The van der Waals surface area contributed by atoms with E-state index in [1.54, 1.807) is 12.2 Å². The second kappa shape index (κ2) is 7.69. The number of carbonyl (C=O) groups is 2. The van der Waals surface area contributed by atoms with Crippen LogP contribution in [0.3, 0.4) is 0 Å². The van der Waals surface area contributed by atoms with Crippen LogP contribution in [-0.2, 0) is 19.1 Å². The summed E-state index contributed by atoms with van der Waals surface area (Å²) in [4.78, 5) is 22.5. The first-order chi connectivity index (χ1) is 8.28. The third-order valence-corrected chi connectivity index (χ3v) is 2.08. The van der Waals surface area contributed by atoms with E-state index in [9.17, 15) is 9.59 Å². The van der Waals surface area contributed by atoms with Crippen molar-refractivity contribution < 1.29 is 19.1 Å². The van der Waals surface area contributed by atoms with Gasteiger partial charge in [0.1, 0.15) is 5.60 Å². The highest BCUT2D eigenvalue weighted by Gasteiger charge is 2.18. The van der Waals surface area contributed by atoms with Gasteiger partial charge in [-0.15, -0.1) is 6.58 Å². The molecule has 0 saturated heterocycles. The molecule has 0 saturated carbocycles. The van der Waals surface area contributed by atoms with Gasteiger partial charge in [0.15, 0.2) is 0 Å². The average molecular weight is 254 g/mol. The predicted octanol–water partition coefficient (Wildman–Crippen LogP) is 2.64. The number of esters is 2. The maximum atomic E-state index is 11.6. The minimum atomic E-state index is -0.481. The van der Waals surface area contributed by atoms with Gasteiger partial charge in [0.05, 0.1) is 13.5 Å². The van der Waals surface area contributed by atoms with Gasteiger partial charge in [0.2, 0.25) is 0 Å². The molecule has 0 amide bonds. The minimum absolute atomic E-state index is 0.0410. The summed E-state index contributed by atoms with van der Waals surface area (Å²) in [6.45, 7) is 9.14. The Morgan fingerprint density at radius 1 is 1.33 bits per heavy atom. The molecule has 1 atom stereocenters. The lowest BCUT2D eigenvalue weighted by atomic mass is 10.0. The SMILES string of the molecule is C=CC(C/C=C/C(=O)OC)CC(=O)OC(C)(C)C.